The van der Waals surface area contributed by atoms with Crippen LogP contribution in [0.5, 0.6) is 0 Å². The Morgan fingerprint density at radius 1 is 1.36 bits per heavy atom. The van der Waals surface area contributed by atoms with Crippen molar-refractivity contribution in [3.05, 3.63) is 56.1 Å². The Morgan fingerprint density at radius 2 is 2.11 bits per heavy atom. The predicted molar refractivity (Wildman–Crippen MR) is 101 cm³/mol. The molecular weight excluding hydrogens is 412 g/mol. The lowest BCUT2D eigenvalue weighted by atomic mass is 10.1. The smallest absolute Gasteiger partial charge is 0.325 e. The van der Waals surface area contributed by atoms with Crippen molar-refractivity contribution in [3.8, 4) is 11.3 Å². The molecule has 1 aromatic heterocycles. The van der Waals surface area contributed by atoms with Gasteiger partial charge in [0.15, 0.2) is 0 Å². The summed E-state index contributed by atoms with van der Waals surface area (Å²) in [5, 5.41) is 10.4. The Labute approximate surface area is 167 Å². The lowest BCUT2D eigenvalue weighted by Gasteiger charge is -2.09. The van der Waals surface area contributed by atoms with Crippen LogP contribution in [0.15, 0.2) is 39.7 Å². The van der Waals surface area contributed by atoms with Crippen LogP contribution in [0.3, 0.4) is 0 Å². The largest absolute Gasteiger partial charge is 0.468 e. The number of furan rings is 1. The lowest BCUT2D eigenvalue weighted by molar-refractivity contribution is -0.384. The van der Waals surface area contributed by atoms with Crippen molar-refractivity contribution < 1.29 is 28.5 Å². The van der Waals surface area contributed by atoms with Gasteiger partial charge >= 0.3 is 5.97 Å². The van der Waals surface area contributed by atoms with Gasteiger partial charge in [-0.1, -0.05) is 11.6 Å². The molecule has 144 valence electrons. The van der Waals surface area contributed by atoms with E-state index in [-0.39, 0.29) is 21.4 Å². The molecule has 2 amide bonds. The third kappa shape index (κ3) is 3.92. The molecule has 2 aromatic rings. The molecule has 0 spiro atoms. The molecule has 0 atom stereocenters. The van der Waals surface area contributed by atoms with Crippen LogP contribution in [0.1, 0.15) is 5.76 Å². The number of hydrogen-bond acceptors (Lipinski definition) is 8. The minimum absolute atomic E-state index is 0.000176. The minimum Gasteiger partial charge on any atom is -0.468 e. The number of rotatable bonds is 5. The van der Waals surface area contributed by atoms with E-state index < -0.39 is 28.6 Å². The number of hydrogen-bond donors (Lipinski definition) is 0. The molecule has 0 aliphatic carbocycles. The molecule has 28 heavy (non-hydrogen) atoms. The van der Waals surface area contributed by atoms with E-state index in [2.05, 4.69) is 4.74 Å². The first kappa shape index (κ1) is 19.6. The lowest BCUT2D eigenvalue weighted by Crippen LogP contribution is -2.34. The van der Waals surface area contributed by atoms with Crippen molar-refractivity contribution in [3.63, 3.8) is 0 Å². The highest BCUT2D eigenvalue weighted by atomic mass is 35.5. The number of methoxy groups -OCH3 is 1. The minimum atomic E-state index is -0.715. The third-order valence-electron chi connectivity index (χ3n) is 3.72. The van der Waals surface area contributed by atoms with Crippen LogP contribution >= 0.6 is 23.4 Å². The maximum atomic E-state index is 12.3. The van der Waals surface area contributed by atoms with Gasteiger partial charge in [0, 0.05) is 17.7 Å². The van der Waals surface area contributed by atoms with E-state index in [1.807, 2.05) is 0 Å². The van der Waals surface area contributed by atoms with E-state index in [9.17, 15) is 24.5 Å². The summed E-state index contributed by atoms with van der Waals surface area (Å²) in [6.07, 6.45) is 1.36. The Kier molecular flexibility index (Phi) is 5.52. The molecule has 0 unspecified atom stereocenters. The van der Waals surface area contributed by atoms with Crippen LogP contribution in [-0.4, -0.2) is 40.6 Å². The third-order valence-corrected chi connectivity index (χ3v) is 4.94. The highest BCUT2D eigenvalue weighted by molar-refractivity contribution is 8.18. The Bertz CT molecular complexity index is 1030. The standard InChI is InChI=1S/C17H11ClN2O7S/c1-26-15(21)8-19-16(22)14(28-17(19)23)7-10-3-5-13(27-10)9-2-4-11(18)12(6-9)20(24)25/h2-7H,8H2,1H3/b14-7-. The van der Waals surface area contributed by atoms with Gasteiger partial charge in [0.1, 0.15) is 23.1 Å². The Morgan fingerprint density at radius 3 is 2.79 bits per heavy atom. The normalized spacial score (nSPS) is 15.4. The quantitative estimate of drug-likeness (QED) is 0.309. The zero-order chi connectivity index (χ0) is 20.4. The number of benzene rings is 1. The summed E-state index contributed by atoms with van der Waals surface area (Å²) in [4.78, 5) is 46.8. The molecule has 11 heteroatoms. The molecule has 0 bridgehead atoms. The highest BCUT2D eigenvalue weighted by Gasteiger charge is 2.36. The first-order valence-corrected chi connectivity index (χ1v) is 8.86. The van der Waals surface area contributed by atoms with Crippen molar-refractivity contribution >= 4 is 52.2 Å². The first-order valence-electron chi connectivity index (χ1n) is 7.66. The molecule has 0 N–H and O–H groups in total. The van der Waals surface area contributed by atoms with E-state index in [1.54, 1.807) is 18.2 Å². The molecule has 1 aliphatic rings. The van der Waals surface area contributed by atoms with Gasteiger partial charge in [0.25, 0.3) is 16.8 Å². The Balaban J connectivity index is 1.84. The maximum Gasteiger partial charge on any atom is 0.325 e. The predicted octanol–water partition coefficient (Wildman–Crippen LogP) is 3.72. The Hall–Kier alpha value is -3.11. The molecule has 2 heterocycles. The summed E-state index contributed by atoms with van der Waals surface area (Å²) in [6.45, 7) is -0.476. The van der Waals surface area contributed by atoms with Gasteiger partial charge in [-0.2, -0.15) is 0 Å². The summed E-state index contributed by atoms with van der Waals surface area (Å²) < 4.78 is 10.1. The number of thioether (sulfide) groups is 1. The summed E-state index contributed by atoms with van der Waals surface area (Å²) in [7, 11) is 1.16. The monoisotopic (exact) mass is 422 g/mol. The number of imide groups is 1. The summed E-state index contributed by atoms with van der Waals surface area (Å²) >= 11 is 6.46. The van der Waals surface area contributed by atoms with E-state index in [0.717, 1.165) is 12.0 Å². The molecule has 9 nitrogen and oxygen atoms in total. The number of nitrogens with zero attached hydrogens (tertiary/aromatic N) is 2. The number of amides is 2. The van der Waals surface area contributed by atoms with Gasteiger partial charge in [0.05, 0.1) is 16.9 Å². The molecule has 3 rings (SSSR count). The second kappa shape index (κ2) is 7.87. The molecule has 0 saturated carbocycles. The van der Waals surface area contributed by atoms with Crippen LogP contribution in [0.4, 0.5) is 10.5 Å². The van der Waals surface area contributed by atoms with Crippen molar-refractivity contribution in [1.29, 1.82) is 0 Å². The van der Waals surface area contributed by atoms with E-state index in [4.69, 9.17) is 16.0 Å². The van der Waals surface area contributed by atoms with E-state index >= 15 is 0 Å². The van der Waals surface area contributed by atoms with Crippen molar-refractivity contribution in [1.82, 2.24) is 4.90 Å². The average molecular weight is 423 g/mol. The fourth-order valence-corrected chi connectivity index (χ4v) is 3.36. The van der Waals surface area contributed by atoms with Crippen molar-refractivity contribution in [2.24, 2.45) is 0 Å². The van der Waals surface area contributed by atoms with Gasteiger partial charge in [0.2, 0.25) is 0 Å². The van der Waals surface area contributed by atoms with Crippen LogP contribution in [0.2, 0.25) is 5.02 Å². The number of ether oxygens (including phenoxy) is 1. The molecule has 1 aromatic carbocycles. The van der Waals surface area contributed by atoms with E-state index in [0.29, 0.717) is 23.1 Å². The topological polar surface area (TPSA) is 120 Å². The van der Waals surface area contributed by atoms with E-state index in [1.165, 1.54) is 18.2 Å². The van der Waals surface area contributed by atoms with Gasteiger partial charge < -0.3 is 9.15 Å². The van der Waals surface area contributed by atoms with Gasteiger partial charge in [-0.25, -0.2) is 0 Å². The number of nitro benzene ring substituents is 1. The fraction of sp³-hybridized carbons (Fsp3) is 0.118. The van der Waals surface area contributed by atoms with Crippen LogP contribution < -0.4 is 0 Å². The number of esters is 1. The molecule has 1 saturated heterocycles. The molecule has 0 radical (unpaired) electrons. The van der Waals surface area contributed by atoms with Gasteiger partial charge in [-0.15, -0.1) is 0 Å². The van der Waals surface area contributed by atoms with Gasteiger partial charge in [-0.3, -0.25) is 29.4 Å². The summed E-state index contributed by atoms with van der Waals surface area (Å²) in [6, 6.07) is 7.33. The molecule has 1 fully saturated rings. The van der Waals surface area contributed by atoms with Crippen molar-refractivity contribution in [2.45, 2.75) is 0 Å². The van der Waals surface area contributed by atoms with Gasteiger partial charge in [-0.05, 0) is 36.0 Å². The maximum absolute atomic E-state index is 12.3. The van der Waals surface area contributed by atoms with Crippen LogP contribution in [0.25, 0.3) is 17.4 Å². The summed E-state index contributed by atoms with van der Waals surface area (Å²) in [5.74, 6) is -0.773. The second-order valence-corrected chi connectivity index (χ2v) is 6.87. The molecular formula is C17H11ClN2O7S. The number of carbonyl (C=O) groups excluding carboxylic acids is 3. The number of nitro groups is 1. The number of halogens is 1. The fourth-order valence-electron chi connectivity index (χ4n) is 2.35. The first-order chi connectivity index (χ1) is 13.3. The second-order valence-electron chi connectivity index (χ2n) is 5.47. The number of carbonyl (C=O) groups is 3. The average Bonchev–Trinajstić information content (AvgIpc) is 3.22. The molecule has 1 aliphatic heterocycles. The SMILES string of the molecule is COC(=O)CN1C(=O)S/C(=C\c2ccc(-c3ccc(Cl)c([N+](=O)[O-])c3)o2)C1=O. The zero-order valence-electron chi connectivity index (χ0n) is 14.2. The zero-order valence-corrected chi connectivity index (χ0v) is 15.8. The van der Waals surface area contributed by atoms with Crippen LogP contribution in [0, 0.1) is 10.1 Å². The van der Waals surface area contributed by atoms with Crippen molar-refractivity contribution in [2.75, 3.05) is 13.7 Å². The highest BCUT2D eigenvalue weighted by Crippen LogP contribution is 2.34. The van der Waals surface area contributed by atoms with Crippen LogP contribution in [-0.2, 0) is 14.3 Å². The summed E-state index contributed by atoms with van der Waals surface area (Å²) in [5.41, 5.74) is 0.163.